The lowest BCUT2D eigenvalue weighted by molar-refractivity contribution is -0.140. The van der Waals surface area contributed by atoms with Gasteiger partial charge in [-0.2, -0.15) is 13.2 Å². The number of ketones is 1. The van der Waals surface area contributed by atoms with Gasteiger partial charge in [0.2, 0.25) is 0 Å². The first-order chi connectivity index (χ1) is 7.25. The fraction of sp³-hybridized carbons (Fsp3) is 0.300. The molecule has 0 bridgehead atoms. The molecule has 1 rings (SSSR count). The van der Waals surface area contributed by atoms with E-state index in [4.69, 9.17) is 5.73 Å². The number of rotatable bonds is 2. The number of Topliss-reactive ketones (excluding diaryl/α,β-unsaturated/α-hetero) is 1. The van der Waals surface area contributed by atoms with Gasteiger partial charge in [0.25, 0.3) is 0 Å². The van der Waals surface area contributed by atoms with E-state index in [2.05, 4.69) is 0 Å². The zero-order valence-corrected chi connectivity index (χ0v) is 8.31. The van der Waals surface area contributed by atoms with Gasteiger partial charge in [0.15, 0.2) is 5.78 Å². The van der Waals surface area contributed by atoms with Crippen LogP contribution in [-0.2, 0) is 6.18 Å². The van der Waals surface area contributed by atoms with Gasteiger partial charge in [0, 0.05) is 5.56 Å². The van der Waals surface area contributed by atoms with Crippen molar-refractivity contribution in [1.29, 1.82) is 0 Å². The first kappa shape index (κ1) is 12.6. The predicted molar refractivity (Wildman–Crippen MR) is 49.4 cm³/mol. The molecule has 2 N–H and O–H groups in total. The molecule has 0 radical (unpaired) electrons. The standard InChI is InChI=1S/C10H9F4NO/c1-5(15)9(16)6-3-2-4-7(11)8(6)10(12,13)14/h2-5H,15H2,1H3. The Morgan fingerprint density at radius 2 is 1.94 bits per heavy atom. The first-order valence-electron chi connectivity index (χ1n) is 4.40. The SMILES string of the molecule is CC(N)C(=O)c1cccc(F)c1C(F)(F)F. The lowest BCUT2D eigenvalue weighted by Crippen LogP contribution is -2.29. The summed E-state index contributed by atoms with van der Waals surface area (Å²) in [5.41, 5.74) is 2.90. The second kappa shape index (κ2) is 4.21. The summed E-state index contributed by atoms with van der Waals surface area (Å²) in [5, 5.41) is 0. The second-order valence-electron chi connectivity index (χ2n) is 3.31. The Morgan fingerprint density at radius 3 is 2.38 bits per heavy atom. The molecular formula is C10H9F4NO. The van der Waals surface area contributed by atoms with E-state index in [1.165, 1.54) is 6.92 Å². The highest BCUT2D eigenvalue weighted by Crippen LogP contribution is 2.34. The molecule has 2 nitrogen and oxygen atoms in total. The van der Waals surface area contributed by atoms with Crippen LogP contribution in [0.25, 0.3) is 0 Å². The van der Waals surface area contributed by atoms with Crippen molar-refractivity contribution in [3.63, 3.8) is 0 Å². The molecule has 0 heterocycles. The summed E-state index contributed by atoms with van der Waals surface area (Å²) in [4.78, 5) is 11.4. The fourth-order valence-electron chi connectivity index (χ4n) is 1.26. The molecule has 0 fully saturated rings. The Morgan fingerprint density at radius 1 is 1.38 bits per heavy atom. The van der Waals surface area contributed by atoms with Crippen molar-refractivity contribution in [3.8, 4) is 0 Å². The number of carbonyl (C=O) groups excluding carboxylic acids is 1. The molecule has 0 saturated carbocycles. The van der Waals surface area contributed by atoms with E-state index in [1.54, 1.807) is 0 Å². The number of carbonyl (C=O) groups is 1. The lowest BCUT2D eigenvalue weighted by atomic mass is 9.99. The number of benzene rings is 1. The maximum atomic E-state index is 13.1. The number of nitrogens with two attached hydrogens (primary N) is 1. The van der Waals surface area contributed by atoms with Crippen LogP contribution in [0.5, 0.6) is 0 Å². The Labute approximate surface area is 89.1 Å². The van der Waals surface area contributed by atoms with Gasteiger partial charge in [-0.15, -0.1) is 0 Å². The summed E-state index contributed by atoms with van der Waals surface area (Å²) in [6, 6.07) is 1.50. The molecule has 0 aliphatic carbocycles. The van der Waals surface area contributed by atoms with Crippen molar-refractivity contribution in [2.45, 2.75) is 19.1 Å². The van der Waals surface area contributed by atoms with Crippen LogP contribution in [0.1, 0.15) is 22.8 Å². The van der Waals surface area contributed by atoms with Gasteiger partial charge in [-0.1, -0.05) is 12.1 Å². The average molecular weight is 235 g/mol. The van der Waals surface area contributed by atoms with Crippen LogP contribution in [0, 0.1) is 5.82 Å². The van der Waals surface area contributed by atoms with Crippen LogP contribution in [0.4, 0.5) is 17.6 Å². The molecule has 16 heavy (non-hydrogen) atoms. The second-order valence-corrected chi connectivity index (χ2v) is 3.31. The van der Waals surface area contributed by atoms with Gasteiger partial charge >= 0.3 is 6.18 Å². The molecule has 0 aliphatic rings. The maximum absolute atomic E-state index is 13.1. The molecule has 6 heteroatoms. The highest BCUT2D eigenvalue weighted by atomic mass is 19.4. The Kier molecular flexibility index (Phi) is 3.32. The molecule has 1 aromatic carbocycles. The lowest BCUT2D eigenvalue weighted by Gasteiger charge is -2.13. The predicted octanol–water partition coefficient (Wildman–Crippen LogP) is 2.37. The summed E-state index contributed by atoms with van der Waals surface area (Å²) in [5.74, 6) is -2.41. The molecule has 0 aliphatic heterocycles. The van der Waals surface area contributed by atoms with Crippen molar-refractivity contribution < 1.29 is 22.4 Å². The molecule has 0 saturated heterocycles. The Balaban J connectivity index is 3.41. The number of hydrogen-bond donors (Lipinski definition) is 1. The fourth-order valence-corrected chi connectivity index (χ4v) is 1.26. The summed E-state index contributed by atoms with van der Waals surface area (Å²) < 4.78 is 50.6. The molecule has 1 unspecified atom stereocenters. The zero-order chi connectivity index (χ0) is 12.5. The smallest absolute Gasteiger partial charge is 0.321 e. The van der Waals surface area contributed by atoms with Gasteiger partial charge < -0.3 is 5.73 Å². The summed E-state index contributed by atoms with van der Waals surface area (Å²) in [7, 11) is 0. The molecule has 0 spiro atoms. The van der Waals surface area contributed by atoms with Crippen molar-refractivity contribution in [1.82, 2.24) is 0 Å². The minimum Gasteiger partial charge on any atom is -0.321 e. The third-order valence-electron chi connectivity index (χ3n) is 1.98. The third-order valence-corrected chi connectivity index (χ3v) is 1.98. The van der Waals surface area contributed by atoms with E-state index in [0.29, 0.717) is 6.07 Å². The van der Waals surface area contributed by atoms with E-state index >= 15 is 0 Å². The van der Waals surface area contributed by atoms with Gasteiger partial charge in [0.05, 0.1) is 6.04 Å². The molecule has 1 atom stereocenters. The van der Waals surface area contributed by atoms with Crippen LogP contribution < -0.4 is 5.73 Å². The minimum absolute atomic E-state index is 0.654. The van der Waals surface area contributed by atoms with Gasteiger partial charge in [-0.05, 0) is 13.0 Å². The summed E-state index contributed by atoms with van der Waals surface area (Å²) in [6.07, 6.45) is -4.91. The molecule has 0 amide bonds. The minimum atomic E-state index is -4.91. The normalized spacial score (nSPS) is 13.6. The Hall–Kier alpha value is -1.43. The van der Waals surface area contributed by atoms with Crippen molar-refractivity contribution >= 4 is 5.78 Å². The zero-order valence-electron chi connectivity index (χ0n) is 8.31. The van der Waals surface area contributed by atoms with Crippen LogP contribution in [0.3, 0.4) is 0 Å². The van der Waals surface area contributed by atoms with Crippen molar-refractivity contribution in [3.05, 3.63) is 35.1 Å². The quantitative estimate of drug-likeness (QED) is 0.631. The average Bonchev–Trinajstić information content (AvgIpc) is 2.14. The number of alkyl halides is 3. The van der Waals surface area contributed by atoms with E-state index in [0.717, 1.165) is 12.1 Å². The number of halogens is 4. The maximum Gasteiger partial charge on any atom is 0.419 e. The van der Waals surface area contributed by atoms with Gasteiger partial charge in [0.1, 0.15) is 11.4 Å². The molecule has 88 valence electrons. The topological polar surface area (TPSA) is 43.1 Å². The van der Waals surface area contributed by atoms with Crippen LogP contribution in [0.15, 0.2) is 18.2 Å². The van der Waals surface area contributed by atoms with E-state index in [-0.39, 0.29) is 0 Å². The van der Waals surface area contributed by atoms with Crippen LogP contribution in [0.2, 0.25) is 0 Å². The first-order valence-corrected chi connectivity index (χ1v) is 4.40. The molecule has 1 aromatic rings. The highest BCUT2D eigenvalue weighted by Gasteiger charge is 2.38. The van der Waals surface area contributed by atoms with E-state index < -0.39 is 34.9 Å². The van der Waals surface area contributed by atoms with Gasteiger partial charge in [-0.25, -0.2) is 4.39 Å². The summed E-state index contributed by atoms with van der Waals surface area (Å²) >= 11 is 0. The van der Waals surface area contributed by atoms with Crippen LogP contribution in [-0.4, -0.2) is 11.8 Å². The van der Waals surface area contributed by atoms with Crippen LogP contribution >= 0.6 is 0 Å². The highest BCUT2D eigenvalue weighted by molar-refractivity contribution is 6.01. The van der Waals surface area contributed by atoms with Crippen molar-refractivity contribution in [2.75, 3.05) is 0 Å². The van der Waals surface area contributed by atoms with Crippen molar-refractivity contribution in [2.24, 2.45) is 5.73 Å². The summed E-state index contributed by atoms with van der Waals surface area (Å²) in [6.45, 7) is 1.24. The Bertz CT molecular complexity index is 412. The largest absolute Gasteiger partial charge is 0.419 e. The van der Waals surface area contributed by atoms with E-state index in [9.17, 15) is 22.4 Å². The van der Waals surface area contributed by atoms with Gasteiger partial charge in [-0.3, -0.25) is 4.79 Å². The molecular weight excluding hydrogens is 226 g/mol. The monoisotopic (exact) mass is 235 g/mol. The number of hydrogen-bond acceptors (Lipinski definition) is 2. The molecule has 0 aromatic heterocycles. The third kappa shape index (κ3) is 2.38. The van der Waals surface area contributed by atoms with E-state index in [1.807, 2.05) is 0 Å².